The zero-order chi connectivity index (χ0) is 13.7. The summed E-state index contributed by atoms with van der Waals surface area (Å²) in [4.78, 5) is 13.1. The Kier molecular flexibility index (Phi) is 8.66. The topological polar surface area (TPSA) is 55.1 Å². The highest BCUT2D eigenvalue weighted by Gasteiger charge is 2.20. The summed E-state index contributed by atoms with van der Waals surface area (Å²) in [6, 6.07) is 3.77. The van der Waals surface area contributed by atoms with Gasteiger partial charge in [-0.25, -0.2) is 0 Å². The van der Waals surface area contributed by atoms with Crippen molar-refractivity contribution in [3.63, 3.8) is 0 Å². The molecule has 1 heterocycles. The van der Waals surface area contributed by atoms with Crippen molar-refractivity contribution in [1.29, 1.82) is 0 Å². The number of rotatable bonds is 6. The number of nitrogens with one attached hydrogen (secondary N) is 1. The van der Waals surface area contributed by atoms with Crippen LogP contribution in [0.1, 0.15) is 38.0 Å². The second-order valence-corrected chi connectivity index (χ2v) is 6.68. The van der Waals surface area contributed by atoms with Crippen LogP contribution in [0.3, 0.4) is 0 Å². The predicted molar refractivity (Wildman–Crippen MR) is 85.4 cm³/mol. The monoisotopic (exact) mass is 324 g/mol. The molecule has 3 N–H and O–H groups in total. The van der Waals surface area contributed by atoms with Crippen molar-refractivity contribution in [2.24, 2.45) is 11.7 Å². The molecular weight excluding hydrogens is 303 g/mol. The summed E-state index contributed by atoms with van der Waals surface area (Å²) in [6.07, 6.45) is 0.903. The number of thiophene rings is 1. The highest BCUT2D eigenvalue weighted by molar-refractivity contribution is 7.16. The maximum Gasteiger partial charge on any atom is 0.228 e. The number of halogens is 2. The summed E-state index contributed by atoms with van der Waals surface area (Å²) in [6.45, 7) is 6.61. The Balaban J connectivity index is 0.00000324. The molecule has 1 rings (SSSR count). The van der Waals surface area contributed by atoms with Crippen LogP contribution in [0.2, 0.25) is 4.34 Å². The average molecular weight is 325 g/mol. The first-order valence-corrected chi connectivity index (χ1v) is 7.39. The number of carbonyl (C=O) groups excluding carboxylic acids is 1. The standard InChI is InChI=1S/C13H21ClN2OS.ClH/c1-8(2)6-10(7-15)16-13(17)9(3)11-4-5-12(14)18-11;/h4-5,8-10H,6-7,15H2,1-3H3,(H,16,17);1H. The molecule has 1 amide bonds. The molecule has 6 heteroatoms. The van der Waals surface area contributed by atoms with E-state index in [2.05, 4.69) is 19.2 Å². The van der Waals surface area contributed by atoms with Gasteiger partial charge in [-0.3, -0.25) is 4.79 Å². The van der Waals surface area contributed by atoms with Gasteiger partial charge in [-0.15, -0.1) is 23.7 Å². The smallest absolute Gasteiger partial charge is 0.228 e. The molecule has 110 valence electrons. The molecule has 2 unspecified atom stereocenters. The van der Waals surface area contributed by atoms with Gasteiger partial charge in [0.05, 0.1) is 10.3 Å². The van der Waals surface area contributed by atoms with Crippen molar-refractivity contribution in [3.05, 3.63) is 21.3 Å². The Hall–Kier alpha value is -0.290. The quantitative estimate of drug-likeness (QED) is 0.842. The van der Waals surface area contributed by atoms with Crippen LogP contribution in [-0.2, 0) is 4.79 Å². The lowest BCUT2D eigenvalue weighted by Crippen LogP contribution is -2.42. The van der Waals surface area contributed by atoms with E-state index in [0.29, 0.717) is 16.8 Å². The van der Waals surface area contributed by atoms with E-state index in [0.717, 1.165) is 11.3 Å². The van der Waals surface area contributed by atoms with E-state index in [-0.39, 0.29) is 30.3 Å². The van der Waals surface area contributed by atoms with E-state index >= 15 is 0 Å². The van der Waals surface area contributed by atoms with Crippen LogP contribution in [0, 0.1) is 5.92 Å². The average Bonchev–Trinajstić information content (AvgIpc) is 2.73. The van der Waals surface area contributed by atoms with E-state index in [1.54, 1.807) is 0 Å². The first kappa shape index (κ1) is 18.7. The van der Waals surface area contributed by atoms with Gasteiger partial charge < -0.3 is 11.1 Å². The lowest BCUT2D eigenvalue weighted by atomic mass is 10.0. The molecule has 0 aliphatic carbocycles. The predicted octanol–water partition coefficient (Wildman–Crippen LogP) is 3.42. The van der Waals surface area contributed by atoms with Crippen molar-refractivity contribution in [2.75, 3.05) is 6.54 Å². The third kappa shape index (κ3) is 6.13. The maximum absolute atomic E-state index is 12.1. The van der Waals surface area contributed by atoms with Gasteiger partial charge in [0, 0.05) is 17.5 Å². The van der Waals surface area contributed by atoms with E-state index in [9.17, 15) is 4.79 Å². The molecule has 0 saturated heterocycles. The fourth-order valence-electron chi connectivity index (χ4n) is 1.80. The maximum atomic E-state index is 12.1. The Labute approximate surface area is 130 Å². The number of amides is 1. The van der Waals surface area contributed by atoms with Crippen molar-refractivity contribution in [3.8, 4) is 0 Å². The minimum atomic E-state index is -0.177. The Morgan fingerprint density at radius 2 is 2.05 bits per heavy atom. The lowest BCUT2D eigenvalue weighted by molar-refractivity contribution is -0.122. The fraction of sp³-hybridized carbons (Fsp3) is 0.615. The van der Waals surface area contributed by atoms with Gasteiger partial charge in [0.15, 0.2) is 0 Å². The number of carbonyl (C=O) groups is 1. The first-order chi connectivity index (χ1) is 8.43. The summed E-state index contributed by atoms with van der Waals surface area (Å²) >= 11 is 7.32. The number of hydrogen-bond acceptors (Lipinski definition) is 3. The van der Waals surface area contributed by atoms with Crippen LogP contribution >= 0.6 is 35.3 Å². The molecule has 1 aromatic rings. The molecule has 0 saturated carbocycles. The molecule has 0 bridgehead atoms. The third-order valence-electron chi connectivity index (χ3n) is 2.80. The molecule has 3 nitrogen and oxygen atoms in total. The molecule has 2 atom stereocenters. The van der Waals surface area contributed by atoms with E-state index in [1.807, 2.05) is 19.1 Å². The Bertz CT molecular complexity index is 396. The second-order valence-electron chi connectivity index (χ2n) is 4.93. The molecular formula is C13H22Cl2N2OS. The number of nitrogens with two attached hydrogens (primary N) is 1. The molecule has 19 heavy (non-hydrogen) atoms. The van der Waals surface area contributed by atoms with Gasteiger partial charge in [0.2, 0.25) is 5.91 Å². The minimum absolute atomic E-state index is 0. The van der Waals surface area contributed by atoms with E-state index in [1.165, 1.54) is 11.3 Å². The largest absolute Gasteiger partial charge is 0.352 e. The first-order valence-electron chi connectivity index (χ1n) is 6.19. The zero-order valence-corrected chi connectivity index (χ0v) is 13.9. The van der Waals surface area contributed by atoms with Crippen LogP contribution in [0.15, 0.2) is 12.1 Å². The second kappa shape index (κ2) is 8.80. The third-order valence-corrected chi connectivity index (χ3v) is 4.21. The van der Waals surface area contributed by atoms with Crippen molar-refractivity contribution >= 4 is 41.3 Å². The van der Waals surface area contributed by atoms with E-state index < -0.39 is 0 Å². The summed E-state index contributed by atoms with van der Waals surface area (Å²) in [7, 11) is 0. The summed E-state index contributed by atoms with van der Waals surface area (Å²) in [5.41, 5.74) is 5.68. The fourth-order valence-corrected chi connectivity index (χ4v) is 2.91. The van der Waals surface area contributed by atoms with Gasteiger partial charge in [-0.1, -0.05) is 25.4 Å². The molecule has 0 aliphatic rings. The zero-order valence-electron chi connectivity index (χ0n) is 11.5. The van der Waals surface area contributed by atoms with Gasteiger partial charge in [-0.05, 0) is 31.4 Å². The summed E-state index contributed by atoms with van der Waals surface area (Å²) < 4.78 is 0.710. The highest BCUT2D eigenvalue weighted by Crippen LogP contribution is 2.28. The van der Waals surface area contributed by atoms with Gasteiger partial charge in [0.1, 0.15) is 0 Å². The van der Waals surface area contributed by atoms with Gasteiger partial charge >= 0.3 is 0 Å². The van der Waals surface area contributed by atoms with Crippen molar-refractivity contribution < 1.29 is 4.79 Å². The summed E-state index contributed by atoms with van der Waals surface area (Å²) in [5, 5.41) is 3.01. The van der Waals surface area contributed by atoms with E-state index in [4.69, 9.17) is 17.3 Å². The van der Waals surface area contributed by atoms with Crippen LogP contribution < -0.4 is 11.1 Å². The lowest BCUT2D eigenvalue weighted by Gasteiger charge is -2.20. The molecule has 0 aliphatic heterocycles. The van der Waals surface area contributed by atoms with Gasteiger partial charge in [-0.2, -0.15) is 0 Å². The molecule has 0 fully saturated rings. The normalized spacial score (nSPS) is 13.8. The van der Waals surface area contributed by atoms with Gasteiger partial charge in [0.25, 0.3) is 0 Å². The SMILES string of the molecule is CC(C)CC(CN)NC(=O)C(C)c1ccc(Cl)s1.Cl. The molecule has 0 radical (unpaired) electrons. The number of hydrogen-bond donors (Lipinski definition) is 2. The van der Waals surface area contributed by atoms with Crippen LogP contribution in [0.25, 0.3) is 0 Å². The van der Waals surface area contributed by atoms with Crippen molar-refractivity contribution in [1.82, 2.24) is 5.32 Å². The molecule has 1 aromatic heterocycles. The Morgan fingerprint density at radius 3 is 2.47 bits per heavy atom. The molecule has 0 spiro atoms. The van der Waals surface area contributed by atoms with Crippen LogP contribution in [0.5, 0.6) is 0 Å². The molecule has 0 aromatic carbocycles. The summed E-state index contributed by atoms with van der Waals surface area (Å²) in [5.74, 6) is 0.360. The van der Waals surface area contributed by atoms with Crippen molar-refractivity contribution in [2.45, 2.75) is 39.2 Å². The van der Waals surface area contributed by atoms with Crippen LogP contribution in [-0.4, -0.2) is 18.5 Å². The highest BCUT2D eigenvalue weighted by atomic mass is 35.5. The minimum Gasteiger partial charge on any atom is -0.352 e. The Morgan fingerprint density at radius 1 is 1.42 bits per heavy atom. The van der Waals surface area contributed by atoms with Crippen LogP contribution in [0.4, 0.5) is 0 Å².